The number of hydrogen-bond acceptors (Lipinski definition) is 4. The maximum absolute atomic E-state index is 5.53. The van der Waals surface area contributed by atoms with Gasteiger partial charge in [0.15, 0.2) is 0 Å². The summed E-state index contributed by atoms with van der Waals surface area (Å²) in [4.78, 5) is 5.97. The van der Waals surface area contributed by atoms with Crippen molar-refractivity contribution in [3.05, 3.63) is 34.3 Å². The number of rotatable bonds is 3. The van der Waals surface area contributed by atoms with Gasteiger partial charge in [-0.1, -0.05) is 0 Å². The summed E-state index contributed by atoms with van der Waals surface area (Å²) in [6.07, 6.45) is 1.01. The highest BCUT2D eigenvalue weighted by Crippen LogP contribution is 2.33. The minimum absolute atomic E-state index is 0.806. The van der Waals surface area contributed by atoms with E-state index >= 15 is 0 Å². The van der Waals surface area contributed by atoms with Gasteiger partial charge in [-0.3, -0.25) is 0 Å². The molecule has 3 nitrogen and oxygen atoms in total. The summed E-state index contributed by atoms with van der Waals surface area (Å²) in [5.41, 5.74) is 3.63. The van der Waals surface area contributed by atoms with Gasteiger partial charge in [-0.2, -0.15) is 0 Å². The van der Waals surface area contributed by atoms with Gasteiger partial charge in [0.25, 0.3) is 0 Å². The average Bonchev–Trinajstić information content (AvgIpc) is 2.96. The molecule has 94 valence electrons. The van der Waals surface area contributed by atoms with Crippen molar-refractivity contribution in [2.24, 2.45) is 0 Å². The van der Waals surface area contributed by atoms with Crippen LogP contribution >= 0.6 is 11.3 Å². The van der Waals surface area contributed by atoms with Gasteiger partial charge in [0.2, 0.25) is 0 Å². The second-order valence-corrected chi connectivity index (χ2v) is 5.56. The van der Waals surface area contributed by atoms with Crippen LogP contribution in [0.15, 0.2) is 18.2 Å². The van der Waals surface area contributed by atoms with Crippen molar-refractivity contribution >= 4 is 11.3 Å². The molecule has 1 aliphatic rings. The van der Waals surface area contributed by atoms with Crippen molar-refractivity contribution in [3.63, 3.8) is 0 Å². The van der Waals surface area contributed by atoms with Gasteiger partial charge in [-0.05, 0) is 37.7 Å². The molecule has 0 fully saturated rings. The Balaban J connectivity index is 1.97. The highest BCUT2D eigenvalue weighted by Gasteiger charge is 2.15. The monoisotopic (exact) mass is 260 g/mol. The number of ether oxygens (including phenoxy) is 1. The molecule has 4 heteroatoms. The summed E-state index contributed by atoms with van der Waals surface area (Å²) >= 11 is 1.77. The van der Waals surface area contributed by atoms with Crippen molar-refractivity contribution in [2.75, 3.05) is 13.7 Å². The lowest BCUT2D eigenvalue weighted by molar-refractivity contribution is 0.357. The molecule has 0 amide bonds. The number of aryl methyl sites for hydroxylation is 1. The van der Waals surface area contributed by atoms with E-state index in [1.165, 1.54) is 16.0 Å². The third-order valence-electron chi connectivity index (χ3n) is 3.17. The highest BCUT2D eigenvalue weighted by molar-refractivity contribution is 7.15. The normalized spacial score (nSPS) is 13.4. The molecule has 0 saturated heterocycles. The van der Waals surface area contributed by atoms with Crippen LogP contribution in [0.25, 0.3) is 10.6 Å². The lowest BCUT2D eigenvalue weighted by Gasteiger charge is -2.00. The molecule has 0 saturated carbocycles. The molecule has 18 heavy (non-hydrogen) atoms. The van der Waals surface area contributed by atoms with Gasteiger partial charge >= 0.3 is 0 Å². The van der Waals surface area contributed by atoms with Crippen LogP contribution in [-0.4, -0.2) is 18.6 Å². The van der Waals surface area contributed by atoms with E-state index in [4.69, 9.17) is 4.74 Å². The molecular weight excluding hydrogens is 244 g/mol. The maximum atomic E-state index is 5.53. The van der Waals surface area contributed by atoms with Crippen LogP contribution in [0.3, 0.4) is 0 Å². The van der Waals surface area contributed by atoms with Crippen molar-refractivity contribution in [2.45, 2.75) is 19.9 Å². The minimum Gasteiger partial charge on any atom is -0.493 e. The molecule has 0 radical (unpaired) electrons. The number of benzene rings is 1. The molecule has 0 aliphatic carbocycles. The molecule has 1 aliphatic heterocycles. The quantitative estimate of drug-likeness (QED) is 0.921. The molecule has 3 rings (SSSR count). The van der Waals surface area contributed by atoms with Crippen LogP contribution < -0.4 is 10.1 Å². The average molecular weight is 260 g/mol. The maximum Gasteiger partial charge on any atom is 0.123 e. The third-order valence-corrected chi connectivity index (χ3v) is 4.37. The van der Waals surface area contributed by atoms with Gasteiger partial charge in [0.05, 0.1) is 12.3 Å². The Hall–Kier alpha value is -1.39. The van der Waals surface area contributed by atoms with Gasteiger partial charge in [-0.25, -0.2) is 4.98 Å². The van der Waals surface area contributed by atoms with Gasteiger partial charge in [-0.15, -0.1) is 11.3 Å². The molecule has 1 aromatic heterocycles. The summed E-state index contributed by atoms with van der Waals surface area (Å²) in [6, 6.07) is 6.38. The summed E-state index contributed by atoms with van der Waals surface area (Å²) in [7, 11) is 1.96. The molecule has 0 spiro atoms. The van der Waals surface area contributed by atoms with Crippen LogP contribution in [0, 0.1) is 6.92 Å². The smallest absolute Gasteiger partial charge is 0.123 e. The first-order chi connectivity index (χ1) is 8.78. The first kappa shape index (κ1) is 11.7. The standard InChI is InChI=1S/C14H16N2OS/c1-9-13(8-15-2)18-14(16-9)11-3-4-12-10(7-11)5-6-17-12/h3-4,7,15H,5-6,8H2,1-2H3. The Kier molecular flexibility index (Phi) is 3.06. The van der Waals surface area contributed by atoms with Crippen LogP contribution in [0.4, 0.5) is 0 Å². The molecule has 0 bridgehead atoms. The van der Waals surface area contributed by atoms with Crippen LogP contribution in [0.5, 0.6) is 5.75 Å². The van der Waals surface area contributed by atoms with E-state index in [2.05, 4.69) is 35.4 Å². The molecular formula is C14H16N2OS. The number of hydrogen-bond donors (Lipinski definition) is 1. The topological polar surface area (TPSA) is 34.1 Å². The molecule has 0 atom stereocenters. The fourth-order valence-electron chi connectivity index (χ4n) is 2.20. The number of nitrogens with one attached hydrogen (secondary N) is 1. The first-order valence-corrected chi connectivity index (χ1v) is 6.96. The number of nitrogens with zero attached hydrogens (tertiary/aromatic N) is 1. The van der Waals surface area contributed by atoms with E-state index in [9.17, 15) is 0 Å². The SMILES string of the molecule is CNCc1sc(-c2ccc3c(c2)CCO3)nc1C. The molecule has 2 aromatic rings. The summed E-state index contributed by atoms with van der Waals surface area (Å²) in [6.45, 7) is 3.77. The first-order valence-electron chi connectivity index (χ1n) is 6.15. The van der Waals surface area contributed by atoms with E-state index in [1.54, 1.807) is 11.3 Å². The zero-order valence-electron chi connectivity index (χ0n) is 10.6. The number of fused-ring (bicyclic) bond motifs is 1. The number of thiazole rings is 1. The highest BCUT2D eigenvalue weighted by atomic mass is 32.1. The summed E-state index contributed by atoms with van der Waals surface area (Å²) in [5, 5.41) is 4.29. The lowest BCUT2D eigenvalue weighted by Crippen LogP contribution is -2.04. The van der Waals surface area contributed by atoms with E-state index in [-0.39, 0.29) is 0 Å². The number of aromatic nitrogens is 1. The van der Waals surface area contributed by atoms with Crippen molar-refractivity contribution in [1.29, 1.82) is 0 Å². The van der Waals surface area contributed by atoms with E-state index in [0.29, 0.717) is 0 Å². The fraction of sp³-hybridized carbons (Fsp3) is 0.357. The van der Waals surface area contributed by atoms with Crippen molar-refractivity contribution in [3.8, 4) is 16.3 Å². The predicted molar refractivity (Wildman–Crippen MR) is 74.2 cm³/mol. The van der Waals surface area contributed by atoms with E-state index in [0.717, 1.165) is 36.0 Å². The molecule has 1 N–H and O–H groups in total. The molecule has 2 heterocycles. The molecule has 0 unspecified atom stereocenters. The largest absolute Gasteiger partial charge is 0.493 e. The zero-order valence-corrected chi connectivity index (χ0v) is 11.4. The van der Waals surface area contributed by atoms with Gasteiger partial charge in [0, 0.05) is 23.4 Å². The summed E-state index contributed by atoms with van der Waals surface area (Å²) in [5.74, 6) is 1.03. The third kappa shape index (κ3) is 2.02. The van der Waals surface area contributed by atoms with Gasteiger partial charge in [0.1, 0.15) is 10.8 Å². The van der Waals surface area contributed by atoms with Crippen LogP contribution in [-0.2, 0) is 13.0 Å². The zero-order chi connectivity index (χ0) is 12.5. The second kappa shape index (κ2) is 4.71. The summed E-state index contributed by atoms with van der Waals surface area (Å²) < 4.78 is 5.53. The fourth-order valence-corrected chi connectivity index (χ4v) is 3.27. The Bertz CT molecular complexity index is 577. The Morgan fingerprint density at radius 2 is 2.33 bits per heavy atom. The lowest BCUT2D eigenvalue weighted by atomic mass is 10.1. The van der Waals surface area contributed by atoms with Crippen LogP contribution in [0.1, 0.15) is 16.1 Å². The van der Waals surface area contributed by atoms with E-state index < -0.39 is 0 Å². The Labute approximate surface area is 111 Å². The van der Waals surface area contributed by atoms with Crippen molar-refractivity contribution < 1.29 is 4.74 Å². The second-order valence-electron chi connectivity index (χ2n) is 4.48. The van der Waals surface area contributed by atoms with Crippen LogP contribution in [0.2, 0.25) is 0 Å². The predicted octanol–water partition coefficient (Wildman–Crippen LogP) is 2.77. The minimum atomic E-state index is 0.806. The molecule has 1 aromatic carbocycles. The Morgan fingerprint density at radius 3 is 3.17 bits per heavy atom. The van der Waals surface area contributed by atoms with Crippen molar-refractivity contribution in [1.82, 2.24) is 10.3 Å². The van der Waals surface area contributed by atoms with Gasteiger partial charge < -0.3 is 10.1 Å². The Morgan fingerprint density at radius 1 is 1.44 bits per heavy atom. The van der Waals surface area contributed by atoms with E-state index in [1.807, 2.05) is 7.05 Å².